The maximum atomic E-state index is 13.0. The van der Waals surface area contributed by atoms with E-state index < -0.39 is 5.92 Å². The van der Waals surface area contributed by atoms with Crippen LogP contribution < -0.4 is 0 Å². The number of ether oxygens (including phenoxy) is 1. The second kappa shape index (κ2) is 8.50. The molecule has 3 nitrogen and oxygen atoms in total. The van der Waals surface area contributed by atoms with Gasteiger partial charge in [-0.2, -0.15) is 0 Å². The topological polar surface area (TPSA) is 39.2 Å². The first-order valence-electron chi connectivity index (χ1n) is 10.2. The number of aromatic nitrogens is 1. The summed E-state index contributed by atoms with van der Waals surface area (Å²) in [4.78, 5) is 17.9. The van der Waals surface area contributed by atoms with E-state index in [4.69, 9.17) is 9.72 Å². The molecular formula is C27H25NO2. The van der Waals surface area contributed by atoms with Crippen molar-refractivity contribution >= 4 is 16.9 Å². The summed E-state index contributed by atoms with van der Waals surface area (Å²) < 4.78 is 5.23. The highest BCUT2D eigenvalue weighted by molar-refractivity contribution is 5.93. The molecule has 1 atom stereocenters. The lowest BCUT2D eigenvalue weighted by Gasteiger charge is -2.20. The second-order valence-electron chi connectivity index (χ2n) is 7.76. The van der Waals surface area contributed by atoms with Crippen molar-refractivity contribution in [2.24, 2.45) is 0 Å². The van der Waals surface area contributed by atoms with Crippen molar-refractivity contribution in [1.29, 1.82) is 0 Å². The molecule has 0 aliphatic rings. The standard InChI is InChI=1S/C27H25NO2/c1-18(2)21-14-15-24-22(16-21)23(17-25(28-24)19-10-6-4-7-11-19)26(27(29)30-3)20-12-8-5-9-13-20/h4-18,26H,1-3H3. The van der Waals surface area contributed by atoms with Crippen molar-refractivity contribution in [2.75, 3.05) is 7.11 Å². The van der Waals surface area contributed by atoms with E-state index in [0.717, 1.165) is 33.3 Å². The first-order valence-corrected chi connectivity index (χ1v) is 10.2. The van der Waals surface area contributed by atoms with Crippen LogP contribution in [0.1, 0.15) is 42.4 Å². The minimum atomic E-state index is -0.522. The van der Waals surface area contributed by atoms with Crippen LogP contribution in [0.4, 0.5) is 0 Å². The Labute approximate surface area is 177 Å². The Balaban J connectivity index is 2.03. The third-order valence-corrected chi connectivity index (χ3v) is 5.48. The molecule has 4 aromatic rings. The molecular weight excluding hydrogens is 370 g/mol. The number of esters is 1. The van der Waals surface area contributed by atoms with Crippen molar-refractivity contribution < 1.29 is 9.53 Å². The van der Waals surface area contributed by atoms with Gasteiger partial charge in [0.1, 0.15) is 5.92 Å². The van der Waals surface area contributed by atoms with Crippen LogP contribution >= 0.6 is 0 Å². The van der Waals surface area contributed by atoms with E-state index in [1.165, 1.54) is 12.7 Å². The van der Waals surface area contributed by atoms with E-state index in [0.29, 0.717) is 5.92 Å². The van der Waals surface area contributed by atoms with Crippen LogP contribution in [-0.4, -0.2) is 18.1 Å². The van der Waals surface area contributed by atoms with Crippen molar-refractivity contribution in [1.82, 2.24) is 4.98 Å². The minimum Gasteiger partial charge on any atom is -0.468 e. The highest BCUT2D eigenvalue weighted by Gasteiger charge is 2.27. The number of nitrogens with zero attached hydrogens (tertiary/aromatic N) is 1. The summed E-state index contributed by atoms with van der Waals surface area (Å²) >= 11 is 0. The van der Waals surface area contributed by atoms with Crippen LogP contribution in [0.5, 0.6) is 0 Å². The lowest BCUT2D eigenvalue weighted by molar-refractivity contribution is -0.141. The maximum absolute atomic E-state index is 13.0. The number of benzene rings is 3. The third-order valence-electron chi connectivity index (χ3n) is 5.48. The van der Waals surface area contributed by atoms with Crippen molar-refractivity contribution in [3.05, 3.63) is 102 Å². The second-order valence-corrected chi connectivity index (χ2v) is 7.76. The molecule has 150 valence electrons. The molecule has 0 spiro atoms. The van der Waals surface area contributed by atoms with Crippen molar-refractivity contribution in [3.63, 3.8) is 0 Å². The predicted molar refractivity (Wildman–Crippen MR) is 122 cm³/mol. The van der Waals surface area contributed by atoms with E-state index in [-0.39, 0.29) is 5.97 Å². The third kappa shape index (κ3) is 3.84. The number of hydrogen-bond donors (Lipinski definition) is 0. The molecule has 0 bridgehead atoms. The SMILES string of the molecule is COC(=O)C(c1ccccc1)c1cc(-c2ccccc2)nc2ccc(C(C)C)cc12. The molecule has 0 N–H and O–H groups in total. The Kier molecular flexibility index (Phi) is 5.62. The number of methoxy groups -OCH3 is 1. The van der Waals surface area contributed by atoms with Gasteiger partial charge in [0.25, 0.3) is 0 Å². The molecule has 0 saturated carbocycles. The van der Waals surface area contributed by atoms with E-state index >= 15 is 0 Å². The molecule has 0 aliphatic heterocycles. The molecule has 0 saturated heterocycles. The summed E-state index contributed by atoms with van der Waals surface area (Å²) in [5, 5.41) is 0.986. The lowest BCUT2D eigenvalue weighted by atomic mass is 9.87. The zero-order valence-electron chi connectivity index (χ0n) is 17.5. The normalized spacial score (nSPS) is 12.1. The van der Waals surface area contributed by atoms with Gasteiger partial charge in [-0.3, -0.25) is 4.79 Å². The molecule has 1 unspecified atom stereocenters. The molecule has 3 aromatic carbocycles. The van der Waals surface area contributed by atoms with E-state index in [2.05, 4.69) is 32.0 Å². The summed E-state index contributed by atoms with van der Waals surface area (Å²) in [6.07, 6.45) is 0. The van der Waals surface area contributed by atoms with Gasteiger partial charge >= 0.3 is 5.97 Å². The van der Waals surface area contributed by atoms with E-state index in [9.17, 15) is 4.79 Å². The first-order chi connectivity index (χ1) is 14.6. The van der Waals surface area contributed by atoms with Crippen LogP contribution in [0.3, 0.4) is 0 Å². The van der Waals surface area contributed by atoms with Gasteiger partial charge < -0.3 is 4.74 Å². The Morgan fingerprint density at radius 3 is 2.13 bits per heavy atom. The Hall–Kier alpha value is -3.46. The molecule has 0 radical (unpaired) electrons. The molecule has 0 fully saturated rings. The first kappa shape index (κ1) is 19.8. The summed E-state index contributed by atoms with van der Waals surface area (Å²) in [5.74, 6) is -0.418. The highest BCUT2D eigenvalue weighted by Crippen LogP contribution is 2.35. The lowest BCUT2D eigenvalue weighted by Crippen LogP contribution is -2.16. The van der Waals surface area contributed by atoms with Gasteiger partial charge in [0.15, 0.2) is 0 Å². The van der Waals surface area contributed by atoms with E-state index in [1.807, 2.05) is 66.7 Å². The zero-order chi connectivity index (χ0) is 21.1. The Morgan fingerprint density at radius 2 is 1.50 bits per heavy atom. The van der Waals surface area contributed by atoms with E-state index in [1.54, 1.807) is 0 Å². The number of rotatable bonds is 5. The van der Waals surface area contributed by atoms with Crippen LogP contribution in [0.25, 0.3) is 22.2 Å². The Morgan fingerprint density at radius 1 is 0.833 bits per heavy atom. The van der Waals surface area contributed by atoms with Crippen LogP contribution in [0.2, 0.25) is 0 Å². The monoisotopic (exact) mass is 395 g/mol. The Bertz CT molecular complexity index is 1170. The number of pyridine rings is 1. The van der Waals surface area contributed by atoms with Gasteiger partial charge in [-0.05, 0) is 40.8 Å². The fourth-order valence-electron chi connectivity index (χ4n) is 3.83. The number of fused-ring (bicyclic) bond motifs is 1. The van der Waals surface area contributed by atoms with Crippen LogP contribution in [0, 0.1) is 0 Å². The van der Waals surface area contributed by atoms with Gasteiger partial charge in [-0.1, -0.05) is 80.6 Å². The molecule has 3 heteroatoms. The number of carbonyl (C=O) groups excluding carboxylic acids is 1. The van der Waals surface area contributed by atoms with Gasteiger partial charge in [0.2, 0.25) is 0 Å². The quantitative estimate of drug-likeness (QED) is 0.371. The maximum Gasteiger partial charge on any atom is 0.317 e. The average molecular weight is 396 g/mol. The minimum absolute atomic E-state index is 0.275. The smallest absolute Gasteiger partial charge is 0.317 e. The van der Waals surface area contributed by atoms with Gasteiger partial charge in [0, 0.05) is 10.9 Å². The molecule has 0 aliphatic carbocycles. The summed E-state index contributed by atoms with van der Waals surface area (Å²) in [7, 11) is 1.44. The largest absolute Gasteiger partial charge is 0.468 e. The summed E-state index contributed by atoms with van der Waals surface area (Å²) in [6, 6.07) is 28.2. The molecule has 0 amide bonds. The summed E-state index contributed by atoms with van der Waals surface area (Å²) in [6.45, 7) is 4.34. The molecule has 1 aromatic heterocycles. The predicted octanol–water partition coefficient (Wildman–Crippen LogP) is 6.33. The van der Waals surface area contributed by atoms with Crippen LogP contribution in [0.15, 0.2) is 84.9 Å². The van der Waals surface area contributed by atoms with Crippen molar-refractivity contribution in [3.8, 4) is 11.3 Å². The zero-order valence-corrected chi connectivity index (χ0v) is 17.5. The number of hydrogen-bond acceptors (Lipinski definition) is 3. The summed E-state index contributed by atoms with van der Waals surface area (Å²) in [5.41, 5.74) is 5.78. The fraction of sp³-hybridized carbons (Fsp3) is 0.185. The van der Waals surface area contributed by atoms with Crippen LogP contribution in [-0.2, 0) is 9.53 Å². The fourth-order valence-corrected chi connectivity index (χ4v) is 3.83. The molecule has 4 rings (SSSR count). The van der Waals surface area contributed by atoms with Gasteiger partial charge in [0.05, 0.1) is 18.3 Å². The molecule has 1 heterocycles. The molecule has 30 heavy (non-hydrogen) atoms. The highest BCUT2D eigenvalue weighted by atomic mass is 16.5. The average Bonchev–Trinajstić information content (AvgIpc) is 2.79. The van der Waals surface area contributed by atoms with Crippen molar-refractivity contribution in [2.45, 2.75) is 25.7 Å². The number of carbonyl (C=O) groups is 1. The van der Waals surface area contributed by atoms with Gasteiger partial charge in [-0.25, -0.2) is 4.98 Å². The van der Waals surface area contributed by atoms with Gasteiger partial charge in [-0.15, -0.1) is 0 Å².